The first-order valence-electron chi connectivity index (χ1n) is 5.76. The molecule has 1 aromatic heterocycles. The van der Waals surface area contributed by atoms with Gasteiger partial charge in [-0.05, 0) is 32.1 Å². The number of nitrogens with two attached hydrogens (primary N) is 1. The van der Waals surface area contributed by atoms with Crippen LogP contribution in [-0.2, 0) is 18.7 Å². The summed E-state index contributed by atoms with van der Waals surface area (Å²) in [6.45, 7) is 5.82. The topological polar surface area (TPSA) is 43.8 Å². The van der Waals surface area contributed by atoms with Gasteiger partial charge in [-0.2, -0.15) is 16.9 Å². The second kappa shape index (κ2) is 7.20. The minimum atomic E-state index is 0.758. The van der Waals surface area contributed by atoms with Crippen molar-refractivity contribution in [3.05, 3.63) is 16.4 Å². The third-order valence-corrected chi connectivity index (χ3v) is 3.92. The van der Waals surface area contributed by atoms with Crippen LogP contribution in [0.3, 0.4) is 0 Å². The van der Waals surface area contributed by atoms with Crippen molar-refractivity contribution >= 4 is 23.4 Å². The van der Waals surface area contributed by atoms with E-state index in [0.717, 1.165) is 53.8 Å². The Bertz CT molecular complexity index is 325. The number of aromatic nitrogens is 2. The molecular formula is C11H20ClN3S. The van der Waals surface area contributed by atoms with E-state index >= 15 is 0 Å². The summed E-state index contributed by atoms with van der Waals surface area (Å²) >= 11 is 8.17. The minimum Gasteiger partial charge on any atom is -0.330 e. The van der Waals surface area contributed by atoms with Gasteiger partial charge < -0.3 is 5.73 Å². The Labute approximate surface area is 107 Å². The number of thioether (sulfide) groups is 1. The maximum absolute atomic E-state index is 6.30. The van der Waals surface area contributed by atoms with Crippen LogP contribution in [0.1, 0.15) is 31.7 Å². The van der Waals surface area contributed by atoms with E-state index in [1.54, 1.807) is 0 Å². The van der Waals surface area contributed by atoms with Crippen LogP contribution in [0.2, 0.25) is 5.02 Å². The Morgan fingerprint density at radius 1 is 1.44 bits per heavy atom. The lowest BCUT2D eigenvalue weighted by Gasteiger charge is -2.04. The van der Waals surface area contributed by atoms with E-state index in [-0.39, 0.29) is 0 Å². The highest BCUT2D eigenvalue weighted by Crippen LogP contribution is 2.25. The summed E-state index contributed by atoms with van der Waals surface area (Å²) in [4.78, 5) is 0. The standard InChI is InChI=1S/C11H20ClN3S/c1-3-9-11(12)10(15(4-2)14-9)8-16-7-5-6-13/h3-8,13H2,1-2H3. The second-order valence-corrected chi connectivity index (χ2v) is 5.05. The molecule has 0 atom stereocenters. The fourth-order valence-corrected chi connectivity index (χ4v) is 2.93. The lowest BCUT2D eigenvalue weighted by atomic mass is 10.3. The molecule has 1 rings (SSSR count). The third kappa shape index (κ3) is 3.40. The Kier molecular flexibility index (Phi) is 6.24. The van der Waals surface area contributed by atoms with Crippen LogP contribution in [0, 0.1) is 0 Å². The van der Waals surface area contributed by atoms with Gasteiger partial charge in [0.25, 0.3) is 0 Å². The molecule has 0 radical (unpaired) electrons. The van der Waals surface area contributed by atoms with Crippen LogP contribution < -0.4 is 5.73 Å². The molecule has 0 saturated heterocycles. The largest absolute Gasteiger partial charge is 0.330 e. The SMILES string of the molecule is CCc1nn(CC)c(CSCCCN)c1Cl. The first-order valence-corrected chi connectivity index (χ1v) is 7.29. The number of hydrogen-bond acceptors (Lipinski definition) is 3. The maximum Gasteiger partial charge on any atom is 0.0858 e. The molecule has 0 bridgehead atoms. The van der Waals surface area contributed by atoms with Gasteiger partial charge in [-0.3, -0.25) is 4.68 Å². The average molecular weight is 262 g/mol. The Morgan fingerprint density at radius 2 is 2.19 bits per heavy atom. The van der Waals surface area contributed by atoms with Crippen molar-refractivity contribution in [2.45, 2.75) is 39.0 Å². The number of aryl methyl sites for hydroxylation is 2. The summed E-state index contributed by atoms with van der Waals surface area (Å²) in [7, 11) is 0. The second-order valence-electron chi connectivity index (χ2n) is 3.57. The third-order valence-electron chi connectivity index (χ3n) is 2.43. The van der Waals surface area contributed by atoms with Crippen molar-refractivity contribution < 1.29 is 0 Å². The average Bonchev–Trinajstić information content (AvgIpc) is 2.61. The first-order chi connectivity index (χ1) is 7.74. The molecule has 16 heavy (non-hydrogen) atoms. The number of hydrogen-bond donors (Lipinski definition) is 1. The van der Waals surface area contributed by atoms with Crippen LogP contribution in [0.15, 0.2) is 0 Å². The molecule has 2 N–H and O–H groups in total. The lowest BCUT2D eigenvalue weighted by Crippen LogP contribution is -2.03. The highest BCUT2D eigenvalue weighted by Gasteiger charge is 2.13. The Balaban J connectivity index is 2.65. The Hall–Kier alpha value is -0.190. The molecule has 0 aliphatic carbocycles. The maximum atomic E-state index is 6.30. The molecule has 1 aromatic rings. The van der Waals surface area contributed by atoms with E-state index in [1.165, 1.54) is 0 Å². The molecule has 0 aromatic carbocycles. The van der Waals surface area contributed by atoms with E-state index in [4.69, 9.17) is 17.3 Å². The quantitative estimate of drug-likeness (QED) is 0.768. The van der Waals surface area contributed by atoms with Crippen molar-refractivity contribution in [1.82, 2.24) is 9.78 Å². The van der Waals surface area contributed by atoms with Gasteiger partial charge in [0.2, 0.25) is 0 Å². The molecule has 3 nitrogen and oxygen atoms in total. The summed E-state index contributed by atoms with van der Waals surface area (Å²) in [5.41, 5.74) is 7.63. The monoisotopic (exact) mass is 261 g/mol. The summed E-state index contributed by atoms with van der Waals surface area (Å²) in [6.07, 6.45) is 1.95. The van der Waals surface area contributed by atoms with Gasteiger partial charge in [0.05, 0.1) is 16.4 Å². The summed E-state index contributed by atoms with van der Waals surface area (Å²) in [5.74, 6) is 2.02. The summed E-state index contributed by atoms with van der Waals surface area (Å²) in [6, 6.07) is 0. The van der Waals surface area contributed by atoms with E-state index in [0.29, 0.717) is 0 Å². The molecule has 0 unspecified atom stereocenters. The molecule has 0 amide bonds. The van der Waals surface area contributed by atoms with E-state index in [9.17, 15) is 0 Å². The molecule has 0 aliphatic heterocycles. The number of nitrogens with zero attached hydrogens (tertiary/aromatic N) is 2. The van der Waals surface area contributed by atoms with Gasteiger partial charge in [-0.15, -0.1) is 0 Å². The van der Waals surface area contributed by atoms with E-state index in [1.807, 2.05) is 16.4 Å². The van der Waals surface area contributed by atoms with Gasteiger partial charge in [0.15, 0.2) is 0 Å². The first kappa shape index (κ1) is 13.9. The molecule has 0 fully saturated rings. The fourth-order valence-electron chi connectivity index (χ4n) is 1.51. The van der Waals surface area contributed by atoms with E-state index in [2.05, 4.69) is 18.9 Å². The van der Waals surface area contributed by atoms with Gasteiger partial charge in [0, 0.05) is 12.3 Å². The number of halogens is 1. The molecule has 5 heteroatoms. The zero-order chi connectivity index (χ0) is 12.0. The normalized spacial score (nSPS) is 11.0. The predicted molar refractivity (Wildman–Crippen MR) is 72.1 cm³/mol. The minimum absolute atomic E-state index is 0.758. The van der Waals surface area contributed by atoms with Crippen LogP contribution in [0.4, 0.5) is 0 Å². The zero-order valence-electron chi connectivity index (χ0n) is 10.0. The van der Waals surface area contributed by atoms with Crippen molar-refractivity contribution in [1.29, 1.82) is 0 Å². The van der Waals surface area contributed by atoms with Gasteiger partial charge in [0.1, 0.15) is 0 Å². The van der Waals surface area contributed by atoms with Crippen molar-refractivity contribution in [2.75, 3.05) is 12.3 Å². The highest BCUT2D eigenvalue weighted by atomic mass is 35.5. The Morgan fingerprint density at radius 3 is 2.75 bits per heavy atom. The fraction of sp³-hybridized carbons (Fsp3) is 0.727. The highest BCUT2D eigenvalue weighted by molar-refractivity contribution is 7.98. The molecule has 0 spiro atoms. The van der Waals surface area contributed by atoms with Crippen LogP contribution >= 0.6 is 23.4 Å². The molecular weight excluding hydrogens is 242 g/mol. The molecule has 1 heterocycles. The van der Waals surface area contributed by atoms with Crippen LogP contribution in [0.25, 0.3) is 0 Å². The predicted octanol–water partition coefficient (Wildman–Crippen LogP) is 2.70. The molecule has 0 aliphatic rings. The van der Waals surface area contributed by atoms with Crippen molar-refractivity contribution in [3.8, 4) is 0 Å². The van der Waals surface area contributed by atoms with Gasteiger partial charge >= 0.3 is 0 Å². The zero-order valence-corrected chi connectivity index (χ0v) is 11.6. The number of rotatable bonds is 7. The van der Waals surface area contributed by atoms with E-state index < -0.39 is 0 Å². The van der Waals surface area contributed by atoms with Crippen molar-refractivity contribution in [3.63, 3.8) is 0 Å². The van der Waals surface area contributed by atoms with Gasteiger partial charge in [-0.1, -0.05) is 18.5 Å². The summed E-state index contributed by atoms with van der Waals surface area (Å²) in [5, 5.41) is 5.34. The van der Waals surface area contributed by atoms with Crippen LogP contribution in [0.5, 0.6) is 0 Å². The van der Waals surface area contributed by atoms with Gasteiger partial charge in [-0.25, -0.2) is 0 Å². The van der Waals surface area contributed by atoms with Crippen LogP contribution in [-0.4, -0.2) is 22.1 Å². The lowest BCUT2D eigenvalue weighted by molar-refractivity contribution is 0.628. The molecule has 92 valence electrons. The van der Waals surface area contributed by atoms with Crippen molar-refractivity contribution in [2.24, 2.45) is 5.73 Å². The smallest absolute Gasteiger partial charge is 0.0858 e. The summed E-state index contributed by atoms with van der Waals surface area (Å²) < 4.78 is 2.01. The molecule has 0 saturated carbocycles.